The fourth-order valence-electron chi connectivity index (χ4n) is 3.17. The van der Waals surface area contributed by atoms with Gasteiger partial charge in [0.2, 0.25) is 0 Å². The van der Waals surface area contributed by atoms with Crippen molar-refractivity contribution in [3.05, 3.63) is 35.9 Å². The Morgan fingerprint density at radius 1 is 1.15 bits per heavy atom. The molecule has 3 heteroatoms. The Labute approximate surface area is 122 Å². The Morgan fingerprint density at radius 2 is 1.80 bits per heavy atom. The number of methoxy groups -OCH3 is 1. The van der Waals surface area contributed by atoms with E-state index in [4.69, 9.17) is 14.2 Å². The van der Waals surface area contributed by atoms with Gasteiger partial charge in [0.15, 0.2) is 6.29 Å². The van der Waals surface area contributed by atoms with Gasteiger partial charge in [-0.05, 0) is 18.4 Å². The molecule has 1 aromatic carbocycles. The minimum atomic E-state index is -0.270. The molecule has 3 atom stereocenters. The summed E-state index contributed by atoms with van der Waals surface area (Å²) in [5.41, 5.74) is 1.06. The average molecular weight is 278 g/mol. The van der Waals surface area contributed by atoms with E-state index in [2.05, 4.69) is 32.9 Å². The Balaban J connectivity index is 2.05. The van der Waals surface area contributed by atoms with Crippen molar-refractivity contribution in [2.45, 2.75) is 58.2 Å². The van der Waals surface area contributed by atoms with E-state index in [0.717, 1.165) is 12.8 Å². The van der Waals surface area contributed by atoms with E-state index in [-0.39, 0.29) is 18.0 Å². The first-order valence-corrected chi connectivity index (χ1v) is 7.53. The van der Waals surface area contributed by atoms with E-state index in [0.29, 0.717) is 12.5 Å². The highest BCUT2D eigenvalue weighted by Crippen LogP contribution is 2.43. The lowest BCUT2D eigenvalue weighted by Gasteiger charge is -2.31. The largest absolute Gasteiger partial charge is 0.368 e. The minimum Gasteiger partial charge on any atom is -0.368 e. The summed E-state index contributed by atoms with van der Waals surface area (Å²) >= 11 is 0. The maximum atomic E-state index is 6.16. The van der Waals surface area contributed by atoms with Crippen LogP contribution in [0.15, 0.2) is 30.3 Å². The number of rotatable bonds is 6. The molecule has 1 fully saturated rings. The van der Waals surface area contributed by atoms with Crippen LogP contribution in [0.25, 0.3) is 0 Å². The lowest BCUT2D eigenvalue weighted by Crippen LogP contribution is -2.36. The highest BCUT2D eigenvalue weighted by molar-refractivity contribution is 5.13. The molecule has 0 radical (unpaired) electrons. The number of hydrogen-bond acceptors (Lipinski definition) is 3. The molecule has 0 N–H and O–H groups in total. The van der Waals surface area contributed by atoms with E-state index in [1.54, 1.807) is 7.11 Å². The molecule has 2 rings (SSSR count). The smallest absolute Gasteiger partial charge is 0.184 e. The Kier molecular flexibility index (Phi) is 5.19. The zero-order chi connectivity index (χ0) is 14.6. The van der Waals surface area contributed by atoms with E-state index in [1.165, 1.54) is 5.56 Å². The number of ether oxygens (including phenoxy) is 3. The Morgan fingerprint density at radius 3 is 2.35 bits per heavy atom. The van der Waals surface area contributed by atoms with Crippen LogP contribution in [-0.2, 0) is 20.8 Å². The van der Waals surface area contributed by atoms with E-state index in [1.807, 2.05) is 18.2 Å². The van der Waals surface area contributed by atoms with Crippen molar-refractivity contribution < 1.29 is 14.2 Å². The van der Waals surface area contributed by atoms with Gasteiger partial charge >= 0.3 is 0 Å². The Hall–Kier alpha value is -0.900. The van der Waals surface area contributed by atoms with Crippen molar-refractivity contribution in [2.75, 3.05) is 7.11 Å². The number of hydrogen-bond donors (Lipinski definition) is 0. The third kappa shape index (κ3) is 2.90. The second kappa shape index (κ2) is 6.70. The fourth-order valence-corrected chi connectivity index (χ4v) is 3.17. The van der Waals surface area contributed by atoms with Crippen molar-refractivity contribution in [1.82, 2.24) is 0 Å². The maximum absolute atomic E-state index is 6.16. The second-order valence-corrected chi connectivity index (χ2v) is 5.54. The molecule has 1 aliphatic heterocycles. The van der Waals surface area contributed by atoms with Crippen LogP contribution in [0.3, 0.4) is 0 Å². The molecule has 1 aliphatic rings. The molecule has 20 heavy (non-hydrogen) atoms. The van der Waals surface area contributed by atoms with Crippen LogP contribution in [0.2, 0.25) is 0 Å². The van der Waals surface area contributed by atoms with Crippen molar-refractivity contribution in [3.63, 3.8) is 0 Å². The van der Waals surface area contributed by atoms with E-state index in [9.17, 15) is 0 Å². The monoisotopic (exact) mass is 278 g/mol. The van der Waals surface area contributed by atoms with Gasteiger partial charge in [0.25, 0.3) is 0 Å². The summed E-state index contributed by atoms with van der Waals surface area (Å²) in [7, 11) is 1.69. The molecule has 0 bridgehead atoms. The average Bonchev–Trinajstić information content (AvgIpc) is 2.78. The van der Waals surface area contributed by atoms with E-state index < -0.39 is 0 Å². The molecule has 1 heterocycles. The zero-order valence-corrected chi connectivity index (χ0v) is 13.0. The summed E-state index contributed by atoms with van der Waals surface area (Å²) in [6.45, 7) is 7.16. The molecule has 1 unspecified atom stereocenters. The summed E-state index contributed by atoms with van der Waals surface area (Å²) in [5, 5.41) is 0. The molecule has 0 amide bonds. The second-order valence-electron chi connectivity index (χ2n) is 5.54. The molecule has 0 aromatic heterocycles. The molecule has 0 saturated carbocycles. The third-order valence-electron chi connectivity index (χ3n) is 4.66. The standard InChI is InChI=1S/C17H26O3/c1-5-17(6-2)13(3)15(16(18-4)20-17)19-12-14-10-8-7-9-11-14/h7-11,13,15-16H,5-6,12H2,1-4H3/t13-,15+,16?/m0/s1. The van der Waals surface area contributed by atoms with Crippen LogP contribution in [0, 0.1) is 5.92 Å². The van der Waals surface area contributed by atoms with Crippen molar-refractivity contribution in [2.24, 2.45) is 5.92 Å². The lowest BCUT2D eigenvalue weighted by atomic mass is 9.83. The summed E-state index contributed by atoms with van der Waals surface area (Å²) in [4.78, 5) is 0. The first-order valence-electron chi connectivity index (χ1n) is 7.53. The Bertz CT molecular complexity index is 400. The summed E-state index contributed by atoms with van der Waals surface area (Å²) < 4.78 is 17.8. The van der Waals surface area contributed by atoms with Gasteiger partial charge in [0, 0.05) is 13.0 Å². The predicted octanol–water partition coefficient (Wildman–Crippen LogP) is 3.77. The van der Waals surface area contributed by atoms with Crippen LogP contribution in [0.1, 0.15) is 39.2 Å². The lowest BCUT2D eigenvalue weighted by molar-refractivity contribution is -0.187. The van der Waals surface area contributed by atoms with Gasteiger partial charge in [-0.1, -0.05) is 51.1 Å². The fraction of sp³-hybridized carbons (Fsp3) is 0.647. The van der Waals surface area contributed by atoms with Crippen molar-refractivity contribution in [1.29, 1.82) is 0 Å². The highest BCUT2D eigenvalue weighted by Gasteiger charge is 2.51. The molecule has 1 aromatic rings. The normalized spacial score (nSPS) is 28.7. The van der Waals surface area contributed by atoms with Gasteiger partial charge in [-0.25, -0.2) is 0 Å². The topological polar surface area (TPSA) is 27.7 Å². The molecular weight excluding hydrogens is 252 g/mol. The molecule has 112 valence electrons. The van der Waals surface area contributed by atoms with Crippen LogP contribution >= 0.6 is 0 Å². The highest BCUT2D eigenvalue weighted by atomic mass is 16.7. The molecule has 0 spiro atoms. The van der Waals surface area contributed by atoms with Crippen molar-refractivity contribution >= 4 is 0 Å². The summed E-state index contributed by atoms with van der Waals surface area (Å²) in [5.74, 6) is 0.325. The van der Waals surface area contributed by atoms with Crippen molar-refractivity contribution in [3.8, 4) is 0 Å². The zero-order valence-electron chi connectivity index (χ0n) is 13.0. The summed E-state index contributed by atoms with van der Waals surface area (Å²) in [6.07, 6.45) is 1.68. The van der Waals surface area contributed by atoms with Gasteiger partial charge in [-0.2, -0.15) is 0 Å². The van der Waals surface area contributed by atoms with E-state index >= 15 is 0 Å². The number of benzene rings is 1. The predicted molar refractivity (Wildman–Crippen MR) is 79.4 cm³/mol. The van der Waals surface area contributed by atoms with Gasteiger partial charge in [-0.3, -0.25) is 0 Å². The molecule has 1 saturated heterocycles. The first kappa shape index (κ1) is 15.5. The van der Waals surface area contributed by atoms with Gasteiger partial charge in [-0.15, -0.1) is 0 Å². The SMILES string of the molecule is CCC1(CC)OC(OC)[C@H](OCc2ccccc2)[C@@H]1C. The van der Waals surface area contributed by atoms with Gasteiger partial charge < -0.3 is 14.2 Å². The van der Waals surface area contributed by atoms with Crippen LogP contribution < -0.4 is 0 Å². The maximum Gasteiger partial charge on any atom is 0.184 e. The summed E-state index contributed by atoms with van der Waals surface area (Å²) in [6, 6.07) is 10.2. The quantitative estimate of drug-likeness (QED) is 0.793. The van der Waals surface area contributed by atoms with Gasteiger partial charge in [0.05, 0.1) is 12.2 Å². The van der Waals surface area contributed by atoms with Gasteiger partial charge in [0.1, 0.15) is 6.10 Å². The third-order valence-corrected chi connectivity index (χ3v) is 4.66. The van der Waals surface area contributed by atoms with Crippen LogP contribution in [0.4, 0.5) is 0 Å². The minimum absolute atomic E-state index is 0.0138. The molecule has 0 aliphatic carbocycles. The molecular formula is C17H26O3. The van der Waals surface area contributed by atoms with Crippen LogP contribution in [-0.4, -0.2) is 25.1 Å². The molecule has 3 nitrogen and oxygen atoms in total. The van der Waals surface area contributed by atoms with Crippen LogP contribution in [0.5, 0.6) is 0 Å². The first-order chi connectivity index (χ1) is 9.66.